The minimum Gasteiger partial charge on any atom is -0.395 e. The first-order valence-electron chi connectivity index (χ1n) is 5.44. The Morgan fingerprint density at radius 1 is 1.53 bits per heavy atom. The van der Waals surface area contributed by atoms with Crippen LogP contribution in [0.1, 0.15) is 10.5 Å². The predicted molar refractivity (Wildman–Crippen MR) is 58.1 cm³/mol. The fraction of sp³-hybridized carbons (Fsp3) is 0.667. The van der Waals surface area contributed by atoms with Crippen LogP contribution >= 0.6 is 0 Å². The van der Waals surface area contributed by atoms with Crippen molar-refractivity contribution >= 4 is 5.91 Å². The molecule has 0 aliphatic rings. The quantitative estimate of drug-likeness (QED) is 0.714. The van der Waals surface area contributed by atoms with Gasteiger partial charge in [-0.15, -0.1) is 5.10 Å². The van der Waals surface area contributed by atoms with E-state index in [0.717, 1.165) is 0 Å². The molecule has 19 heavy (non-hydrogen) atoms. The van der Waals surface area contributed by atoms with Crippen LogP contribution in [0.4, 0.5) is 13.2 Å². The highest BCUT2D eigenvalue weighted by Gasteiger charge is 2.33. The molecule has 0 saturated carbocycles. The number of carbonyl (C=O) groups is 1. The maximum atomic E-state index is 12.3. The van der Waals surface area contributed by atoms with Gasteiger partial charge in [0.05, 0.1) is 19.3 Å². The van der Waals surface area contributed by atoms with Crippen molar-refractivity contribution in [1.29, 1.82) is 0 Å². The van der Waals surface area contributed by atoms with E-state index in [2.05, 4.69) is 10.3 Å². The van der Waals surface area contributed by atoms with Crippen molar-refractivity contribution in [3.8, 4) is 0 Å². The molecule has 3 N–H and O–H groups in total. The molecule has 0 saturated heterocycles. The molecule has 0 spiro atoms. The lowest BCUT2D eigenvalue weighted by Crippen LogP contribution is -2.40. The second-order valence-electron chi connectivity index (χ2n) is 3.72. The van der Waals surface area contributed by atoms with Crippen LogP contribution in [0.3, 0.4) is 0 Å². The van der Waals surface area contributed by atoms with Crippen molar-refractivity contribution in [1.82, 2.24) is 19.9 Å². The van der Waals surface area contributed by atoms with E-state index in [1.165, 1.54) is 10.9 Å². The van der Waals surface area contributed by atoms with Crippen LogP contribution < -0.4 is 5.73 Å². The van der Waals surface area contributed by atoms with Crippen LogP contribution in [0.15, 0.2) is 6.20 Å². The molecule has 0 bridgehead atoms. The van der Waals surface area contributed by atoms with Crippen molar-refractivity contribution in [2.24, 2.45) is 5.73 Å². The lowest BCUT2D eigenvalue weighted by atomic mass is 10.3. The lowest BCUT2D eigenvalue weighted by molar-refractivity contribution is -0.141. The van der Waals surface area contributed by atoms with Gasteiger partial charge in [0.2, 0.25) is 0 Å². The average Bonchev–Trinajstić information content (AvgIpc) is 2.75. The Morgan fingerprint density at radius 2 is 2.21 bits per heavy atom. The zero-order chi connectivity index (χ0) is 14.5. The van der Waals surface area contributed by atoms with Gasteiger partial charge < -0.3 is 15.7 Å². The van der Waals surface area contributed by atoms with Crippen LogP contribution in [0.5, 0.6) is 0 Å². The summed E-state index contributed by atoms with van der Waals surface area (Å²) in [5.74, 6) is -0.936. The molecule has 108 valence electrons. The molecule has 0 aliphatic heterocycles. The highest BCUT2D eigenvalue weighted by Crippen LogP contribution is 2.17. The Morgan fingerprint density at radius 3 is 2.74 bits per heavy atom. The number of rotatable bonds is 6. The van der Waals surface area contributed by atoms with Gasteiger partial charge in [-0.05, 0) is 0 Å². The van der Waals surface area contributed by atoms with Crippen molar-refractivity contribution < 1.29 is 23.1 Å². The third-order valence-corrected chi connectivity index (χ3v) is 2.14. The summed E-state index contributed by atoms with van der Waals surface area (Å²) in [6.45, 7) is -1.88. The van der Waals surface area contributed by atoms with E-state index in [9.17, 15) is 18.0 Å². The standard InChI is InChI=1S/C9H14F3N5O2/c10-9(11,12)6-16(3-4-18)8(19)7-5-17(2-1-13)15-14-7/h5,18H,1-4,6,13H2. The SMILES string of the molecule is NCCn1cc(C(=O)N(CCO)CC(F)(F)F)nn1. The average molecular weight is 281 g/mol. The van der Waals surface area contributed by atoms with Gasteiger partial charge in [-0.2, -0.15) is 13.2 Å². The molecular formula is C9H14F3N5O2. The zero-order valence-electron chi connectivity index (χ0n) is 9.97. The monoisotopic (exact) mass is 281 g/mol. The van der Waals surface area contributed by atoms with E-state index in [1.54, 1.807) is 0 Å². The molecule has 0 aliphatic carbocycles. The number of aliphatic hydroxyl groups excluding tert-OH is 1. The van der Waals surface area contributed by atoms with E-state index < -0.39 is 31.8 Å². The van der Waals surface area contributed by atoms with Gasteiger partial charge in [0.1, 0.15) is 6.54 Å². The molecule has 1 rings (SSSR count). The zero-order valence-corrected chi connectivity index (χ0v) is 9.97. The molecule has 10 heteroatoms. The number of nitrogens with two attached hydrogens (primary N) is 1. The number of aromatic nitrogens is 3. The second kappa shape index (κ2) is 6.48. The first kappa shape index (κ1) is 15.4. The summed E-state index contributed by atoms with van der Waals surface area (Å²) in [5.41, 5.74) is 5.05. The minimum absolute atomic E-state index is 0.217. The Kier molecular flexibility index (Phi) is 5.24. The van der Waals surface area contributed by atoms with E-state index in [-0.39, 0.29) is 12.2 Å². The van der Waals surface area contributed by atoms with E-state index in [1.807, 2.05) is 0 Å². The molecule has 7 nitrogen and oxygen atoms in total. The first-order chi connectivity index (χ1) is 8.87. The third-order valence-electron chi connectivity index (χ3n) is 2.14. The summed E-state index contributed by atoms with van der Waals surface area (Å²) in [4.78, 5) is 12.3. The molecule has 0 atom stereocenters. The van der Waals surface area contributed by atoms with Crippen LogP contribution in [-0.4, -0.2) is 63.3 Å². The van der Waals surface area contributed by atoms with Crippen molar-refractivity contribution in [2.45, 2.75) is 12.7 Å². The molecular weight excluding hydrogens is 267 g/mol. The second-order valence-corrected chi connectivity index (χ2v) is 3.72. The van der Waals surface area contributed by atoms with Crippen LogP contribution in [-0.2, 0) is 6.54 Å². The third kappa shape index (κ3) is 4.83. The van der Waals surface area contributed by atoms with Crippen LogP contribution in [0.2, 0.25) is 0 Å². The van der Waals surface area contributed by atoms with Crippen LogP contribution in [0, 0.1) is 0 Å². The number of halogens is 3. The molecule has 0 radical (unpaired) electrons. The Hall–Kier alpha value is -1.68. The smallest absolute Gasteiger partial charge is 0.395 e. The van der Waals surface area contributed by atoms with Gasteiger partial charge in [0, 0.05) is 13.1 Å². The fourth-order valence-electron chi connectivity index (χ4n) is 1.39. The number of hydrogen-bond acceptors (Lipinski definition) is 5. The molecule has 1 amide bonds. The Balaban J connectivity index is 2.79. The van der Waals surface area contributed by atoms with E-state index in [0.29, 0.717) is 11.4 Å². The molecule has 1 aromatic heterocycles. The van der Waals surface area contributed by atoms with Gasteiger partial charge in [-0.25, -0.2) is 0 Å². The Labute approximate surface area is 106 Å². The highest BCUT2D eigenvalue weighted by molar-refractivity contribution is 5.91. The summed E-state index contributed by atoms with van der Waals surface area (Å²) in [7, 11) is 0. The van der Waals surface area contributed by atoms with E-state index in [4.69, 9.17) is 10.8 Å². The molecule has 0 unspecified atom stereocenters. The number of alkyl halides is 3. The number of hydrogen-bond donors (Lipinski definition) is 2. The summed E-state index contributed by atoms with van der Waals surface area (Å²) < 4.78 is 38.2. The number of nitrogens with zero attached hydrogens (tertiary/aromatic N) is 4. The van der Waals surface area contributed by atoms with Gasteiger partial charge in [-0.1, -0.05) is 5.21 Å². The molecule has 1 heterocycles. The maximum Gasteiger partial charge on any atom is 0.406 e. The normalized spacial score (nSPS) is 11.6. The molecule has 0 fully saturated rings. The molecule has 1 aromatic rings. The summed E-state index contributed by atoms with van der Waals surface area (Å²) >= 11 is 0. The van der Waals surface area contributed by atoms with Crippen molar-refractivity contribution in [3.05, 3.63) is 11.9 Å². The topological polar surface area (TPSA) is 97.3 Å². The van der Waals surface area contributed by atoms with Gasteiger partial charge in [-0.3, -0.25) is 9.48 Å². The number of carbonyl (C=O) groups excluding carboxylic acids is 1. The number of aliphatic hydroxyl groups is 1. The van der Waals surface area contributed by atoms with Crippen molar-refractivity contribution in [3.63, 3.8) is 0 Å². The fourth-order valence-corrected chi connectivity index (χ4v) is 1.39. The van der Waals surface area contributed by atoms with Crippen LogP contribution in [0.25, 0.3) is 0 Å². The molecule has 0 aromatic carbocycles. The summed E-state index contributed by atoms with van der Waals surface area (Å²) in [6.07, 6.45) is -3.33. The lowest BCUT2D eigenvalue weighted by Gasteiger charge is -2.21. The number of amides is 1. The predicted octanol–water partition coefficient (Wildman–Crippen LogP) is -0.766. The summed E-state index contributed by atoms with van der Waals surface area (Å²) in [5, 5.41) is 15.7. The maximum absolute atomic E-state index is 12.3. The van der Waals surface area contributed by atoms with Crippen molar-refractivity contribution in [2.75, 3.05) is 26.2 Å². The minimum atomic E-state index is -4.54. The largest absolute Gasteiger partial charge is 0.406 e. The first-order valence-corrected chi connectivity index (χ1v) is 5.44. The van der Waals surface area contributed by atoms with E-state index >= 15 is 0 Å². The highest BCUT2D eigenvalue weighted by atomic mass is 19.4. The van der Waals surface area contributed by atoms with Gasteiger partial charge in [0.25, 0.3) is 5.91 Å². The Bertz CT molecular complexity index is 420. The van der Waals surface area contributed by atoms with Gasteiger partial charge >= 0.3 is 6.18 Å². The van der Waals surface area contributed by atoms with Gasteiger partial charge in [0.15, 0.2) is 5.69 Å². The summed E-state index contributed by atoms with van der Waals surface area (Å²) in [6, 6.07) is 0.